The lowest BCUT2D eigenvalue weighted by molar-refractivity contribution is -0.167. The molecule has 0 saturated carbocycles. The van der Waals surface area contributed by atoms with Gasteiger partial charge in [-0.2, -0.15) is 0 Å². The molecule has 0 rings (SSSR count). The van der Waals surface area contributed by atoms with Crippen LogP contribution in [0.5, 0.6) is 0 Å². The zero-order chi connectivity index (χ0) is 43.7. The molecule has 60 heavy (non-hydrogen) atoms. The Balaban J connectivity index is 4.54. The Morgan fingerprint density at radius 1 is 0.350 bits per heavy atom. The van der Waals surface area contributed by atoms with Gasteiger partial charge < -0.3 is 14.2 Å². The third kappa shape index (κ3) is 45.4. The number of allylic oxidation sites excluding steroid dienone is 16. The van der Waals surface area contributed by atoms with Crippen LogP contribution in [0, 0.1) is 0 Å². The summed E-state index contributed by atoms with van der Waals surface area (Å²) in [5.41, 5.74) is 0. The van der Waals surface area contributed by atoms with Crippen LogP contribution in [0.25, 0.3) is 0 Å². The van der Waals surface area contributed by atoms with Crippen molar-refractivity contribution in [1.82, 2.24) is 0 Å². The maximum absolute atomic E-state index is 12.7. The van der Waals surface area contributed by atoms with Crippen LogP contribution in [0.4, 0.5) is 0 Å². The number of rotatable bonds is 42. The van der Waals surface area contributed by atoms with E-state index in [-0.39, 0.29) is 44.0 Å². The Hall–Kier alpha value is -3.67. The highest BCUT2D eigenvalue weighted by Gasteiger charge is 2.19. The second-order valence-corrected chi connectivity index (χ2v) is 15.6. The zero-order valence-electron chi connectivity index (χ0n) is 38.7. The summed E-state index contributed by atoms with van der Waals surface area (Å²) in [6, 6.07) is 0. The van der Waals surface area contributed by atoms with Gasteiger partial charge in [-0.1, -0.05) is 189 Å². The van der Waals surface area contributed by atoms with Crippen molar-refractivity contribution in [3.05, 3.63) is 97.2 Å². The first kappa shape index (κ1) is 56.3. The van der Waals surface area contributed by atoms with Crippen molar-refractivity contribution < 1.29 is 28.6 Å². The average Bonchev–Trinajstić information content (AvgIpc) is 3.24. The van der Waals surface area contributed by atoms with Gasteiger partial charge in [0.25, 0.3) is 0 Å². The van der Waals surface area contributed by atoms with E-state index >= 15 is 0 Å². The summed E-state index contributed by atoms with van der Waals surface area (Å²) in [5, 5.41) is 0. The normalized spacial score (nSPS) is 12.9. The first-order valence-corrected chi connectivity index (χ1v) is 24.2. The second kappa shape index (κ2) is 48.0. The van der Waals surface area contributed by atoms with Crippen LogP contribution >= 0.6 is 0 Å². The summed E-state index contributed by atoms with van der Waals surface area (Å²) < 4.78 is 16.6. The molecule has 340 valence electrons. The van der Waals surface area contributed by atoms with E-state index < -0.39 is 6.10 Å². The molecule has 0 bridgehead atoms. The van der Waals surface area contributed by atoms with E-state index in [0.29, 0.717) is 19.3 Å². The summed E-state index contributed by atoms with van der Waals surface area (Å²) >= 11 is 0. The minimum Gasteiger partial charge on any atom is -0.462 e. The van der Waals surface area contributed by atoms with Crippen LogP contribution in [-0.2, 0) is 28.6 Å². The van der Waals surface area contributed by atoms with Crippen molar-refractivity contribution >= 4 is 17.9 Å². The van der Waals surface area contributed by atoms with Crippen LogP contribution in [0.1, 0.15) is 207 Å². The number of unbranched alkanes of at least 4 members (excludes halogenated alkanes) is 15. The van der Waals surface area contributed by atoms with Crippen molar-refractivity contribution in [2.45, 2.75) is 213 Å². The molecule has 0 aliphatic heterocycles. The third-order valence-corrected chi connectivity index (χ3v) is 9.82. The Bertz CT molecular complexity index is 1230. The Kier molecular flexibility index (Phi) is 45.1. The second-order valence-electron chi connectivity index (χ2n) is 15.6. The molecule has 6 nitrogen and oxygen atoms in total. The molecule has 0 aromatic heterocycles. The standard InChI is InChI=1S/C54H88O6/c1-4-7-10-13-16-19-22-24-26-27-29-30-32-35-38-41-44-47-53(56)59-50-51(49-58-52(55)46-43-40-37-34-21-18-15-12-9-6-3)60-54(57)48-45-42-39-36-33-31-28-25-23-20-17-14-11-8-5-2/h8,11,16-17,19-20,24-26,28-30,33,35-36,38,51H,4-7,9-10,12-15,18,21-23,27,31-32,34,37,39-50H2,1-3H3/b11-8-,19-16-,20-17-,26-24-,28-25-,30-29-,36-33-,38-35-/t51-/m1/s1. The molecule has 0 spiro atoms. The molecule has 0 fully saturated rings. The Morgan fingerprint density at radius 3 is 1.12 bits per heavy atom. The van der Waals surface area contributed by atoms with Gasteiger partial charge in [-0.05, 0) is 96.3 Å². The predicted molar refractivity (Wildman–Crippen MR) is 256 cm³/mol. The lowest BCUT2D eigenvalue weighted by Gasteiger charge is -2.18. The van der Waals surface area contributed by atoms with Gasteiger partial charge in [0.15, 0.2) is 6.10 Å². The molecule has 0 heterocycles. The monoisotopic (exact) mass is 833 g/mol. The van der Waals surface area contributed by atoms with Crippen molar-refractivity contribution in [3.63, 3.8) is 0 Å². The maximum Gasteiger partial charge on any atom is 0.306 e. The minimum absolute atomic E-state index is 0.111. The van der Waals surface area contributed by atoms with Gasteiger partial charge in [0, 0.05) is 19.3 Å². The number of hydrogen-bond donors (Lipinski definition) is 0. The van der Waals surface area contributed by atoms with Gasteiger partial charge in [-0.25, -0.2) is 0 Å². The number of ether oxygens (including phenoxy) is 3. The van der Waals surface area contributed by atoms with Gasteiger partial charge in [0.05, 0.1) is 0 Å². The van der Waals surface area contributed by atoms with E-state index in [4.69, 9.17) is 14.2 Å². The summed E-state index contributed by atoms with van der Waals surface area (Å²) in [6.45, 7) is 6.38. The summed E-state index contributed by atoms with van der Waals surface area (Å²) in [4.78, 5) is 37.8. The molecule has 0 aliphatic carbocycles. The van der Waals surface area contributed by atoms with Crippen molar-refractivity contribution in [1.29, 1.82) is 0 Å². The fraction of sp³-hybridized carbons (Fsp3) is 0.648. The smallest absolute Gasteiger partial charge is 0.306 e. The average molecular weight is 833 g/mol. The molecule has 0 N–H and O–H groups in total. The fourth-order valence-electron chi connectivity index (χ4n) is 6.19. The van der Waals surface area contributed by atoms with Crippen molar-refractivity contribution in [2.75, 3.05) is 13.2 Å². The summed E-state index contributed by atoms with van der Waals surface area (Å²) in [6.07, 6.45) is 62.5. The van der Waals surface area contributed by atoms with E-state index in [1.54, 1.807) is 0 Å². The molecule has 0 radical (unpaired) electrons. The van der Waals surface area contributed by atoms with Gasteiger partial charge in [0.1, 0.15) is 13.2 Å². The highest BCUT2D eigenvalue weighted by molar-refractivity contribution is 5.71. The van der Waals surface area contributed by atoms with E-state index in [9.17, 15) is 14.4 Å². The Labute approximate surface area is 368 Å². The number of carbonyl (C=O) groups is 3. The van der Waals surface area contributed by atoms with Gasteiger partial charge in [0.2, 0.25) is 0 Å². The number of hydrogen-bond acceptors (Lipinski definition) is 6. The molecule has 0 aromatic carbocycles. The molecule has 0 unspecified atom stereocenters. The molecule has 0 amide bonds. The SMILES string of the molecule is CC/C=C\C/C=C\C/C=C\C/C=C\CCCCC(=O)O[C@@H](COC(=O)CCC/C=C\C/C=C\C/C=C\C/C=C\CCCCC)COC(=O)CCCCCCCCCCCC. The fourth-order valence-corrected chi connectivity index (χ4v) is 6.19. The zero-order valence-corrected chi connectivity index (χ0v) is 38.7. The third-order valence-electron chi connectivity index (χ3n) is 9.82. The van der Waals surface area contributed by atoms with E-state index in [2.05, 4.69) is 118 Å². The van der Waals surface area contributed by atoms with Crippen LogP contribution in [-0.4, -0.2) is 37.2 Å². The molecule has 0 aromatic rings. The minimum atomic E-state index is -0.819. The number of carbonyl (C=O) groups excluding carboxylic acids is 3. The first-order chi connectivity index (χ1) is 29.5. The van der Waals surface area contributed by atoms with Gasteiger partial charge in [-0.15, -0.1) is 0 Å². The molecule has 1 atom stereocenters. The molecule has 6 heteroatoms. The first-order valence-electron chi connectivity index (χ1n) is 24.2. The van der Waals surface area contributed by atoms with Crippen LogP contribution in [0.2, 0.25) is 0 Å². The molecule has 0 aliphatic rings. The highest BCUT2D eigenvalue weighted by atomic mass is 16.6. The lowest BCUT2D eigenvalue weighted by Crippen LogP contribution is -2.30. The van der Waals surface area contributed by atoms with E-state index in [0.717, 1.165) is 83.5 Å². The van der Waals surface area contributed by atoms with E-state index in [1.807, 2.05) is 0 Å². The summed E-state index contributed by atoms with van der Waals surface area (Å²) in [5.74, 6) is -1.02. The number of esters is 3. The van der Waals surface area contributed by atoms with Crippen molar-refractivity contribution in [2.24, 2.45) is 0 Å². The topological polar surface area (TPSA) is 78.9 Å². The van der Waals surface area contributed by atoms with Crippen LogP contribution in [0.15, 0.2) is 97.2 Å². The molecular formula is C54H88O6. The summed E-state index contributed by atoms with van der Waals surface area (Å²) in [7, 11) is 0. The van der Waals surface area contributed by atoms with Gasteiger partial charge in [-0.3, -0.25) is 14.4 Å². The van der Waals surface area contributed by atoms with Gasteiger partial charge >= 0.3 is 17.9 Å². The largest absolute Gasteiger partial charge is 0.462 e. The maximum atomic E-state index is 12.7. The van der Waals surface area contributed by atoms with Crippen LogP contribution in [0.3, 0.4) is 0 Å². The Morgan fingerprint density at radius 2 is 0.667 bits per heavy atom. The van der Waals surface area contributed by atoms with Crippen molar-refractivity contribution in [3.8, 4) is 0 Å². The lowest BCUT2D eigenvalue weighted by atomic mass is 10.1. The molecular weight excluding hydrogens is 745 g/mol. The molecule has 0 saturated heterocycles. The quantitative estimate of drug-likeness (QED) is 0.0264. The highest BCUT2D eigenvalue weighted by Crippen LogP contribution is 2.13. The predicted octanol–water partition coefficient (Wildman–Crippen LogP) is 15.8. The van der Waals surface area contributed by atoms with Crippen LogP contribution < -0.4 is 0 Å². The van der Waals surface area contributed by atoms with E-state index in [1.165, 1.54) is 70.6 Å².